The third kappa shape index (κ3) is 3.30. The third-order valence-electron chi connectivity index (χ3n) is 3.46. The van der Waals surface area contributed by atoms with Crippen molar-refractivity contribution in [2.24, 2.45) is 0 Å². The van der Waals surface area contributed by atoms with Gasteiger partial charge in [0.05, 0.1) is 12.3 Å². The molecule has 0 bridgehead atoms. The predicted octanol–water partition coefficient (Wildman–Crippen LogP) is -0.191. The minimum absolute atomic E-state index is 0.00255. The van der Waals surface area contributed by atoms with Gasteiger partial charge in [0.15, 0.2) is 0 Å². The van der Waals surface area contributed by atoms with E-state index in [9.17, 15) is 19.2 Å². The summed E-state index contributed by atoms with van der Waals surface area (Å²) >= 11 is 1.03. The Morgan fingerprint density at radius 3 is 2.45 bits per heavy atom. The summed E-state index contributed by atoms with van der Waals surface area (Å²) < 4.78 is 0. The molecule has 0 aromatic rings. The number of thioether (sulfide) groups is 1. The Labute approximate surface area is 121 Å². The van der Waals surface area contributed by atoms with Crippen LogP contribution in [-0.2, 0) is 14.4 Å². The van der Waals surface area contributed by atoms with E-state index in [1.165, 1.54) is 11.8 Å². The summed E-state index contributed by atoms with van der Waals surface area (Å²) in [6.45, 7) is 2.37. The van der Waals surface area contributed by atoms with E-state index in [4.69, 9.17) is 0 Å². The standard InChI is InChI=1S/C12H17N3O4S/c1-8(16)13-6-10(17)14-4-2-9(3-5-14)15-11(18)7-20-12(15)19/h9H,2-7H2,1H3,(H,13,16). The quantitative estimate of drug-likeness (QED) is 0.780. The molecule has 110 valence electrons. The zero-order valence-corrected chi connectivity index (χ0v) is 12.1. The molecule has 4 amide bonds. The Kier molecular flexibility index (Phi) is 4.64. The number of hydrogen-bond acceptors (Lipinski definition) is 5. The topological polar surface area (TPSA) is 86.8 Å². The van der Waals surface area contributed by atoms with Gasteiger partial charge in [-0.25, -0.2) is 0 Å². The molecule has 20 heavy (non-hydrogen) atoms. The second-order valence-electron chi connectivity index (χ2n) is 4.84. The lowest BCUT2D eigenvalue weighted by Crippen LogP contribution is -2.50. The molecule has 0 unspecified atom stereocenters. The number of nitrogens with one attached hydrogen (secondary N) is 1. The number of likely N-dealkylation sites (tertiary alicyclic amines) is 1. The molecule has 0 atom stereocenters. The van der Waals surface area contributed by atoms with E-state index < -0.39 is 0 Å². The molecule has 8 heteroatoms. The van der Waals surface area contributed by atoms with Crippen LogP contribution in [-0.4, -0.2) is 64.2 Å². The molecule has 0 radical (unpaired) electrons. The van der Waals surface area contributed by atoms with Crippen molar-refractivity contribution < 1.29 is 19.2 Å². The van der Waals surface area contributed by atoms with Gasteiger partial charge in [0.1, 0.15) is 0 Å². The first-order chi connectivity index (χ1) is 9.49. The van der Waals surface area contributed by atoms with Crippen LogP contribution in [0.15, 0.2) is 0 Å². The summed E-state index contributed by atoms with van der Waals surface area (Å²) in [6, 6.07) is -0.102. The van der Waals surface area contributed by atoms with Gasteiger partial charge in [-0.3, -0.25) is 24.1 Å². The van der Waals surface area contributed by atoms with Crippen LogP contribution in [0.2, 0.25) is 0 Å². The van der Waals surface area contributed by atoms with Crippen molar-refractivity contribution in [1.82, 2.24) is 15.1 Å². The summed E-state index contributed by atoms with van der Waals surface area (Å²) in [5, 5.41) is 2.29. The van der Waals surface area contributed by atoms with E-state index in [-0.39, 0.29) is 41.3 Å². The number of hydrogen-bond donors (Lipinski definition) is 1. The molecule has 2 aliphatic rings. The van der Waals surface area contributed by atoms with Crippen LogP contribution in [0, 0.1) is 0 Å². The largest absolute Gasteiger partial charge is 0.347 e. The van der Waals surface area contributed by atoms with Gasteiger partial charge >= 0.3 is 0 Å². The van der Waals surface area contributed by atoms with Crippen molar-refractivity contribution in [2.75, 3.05) is 25.4 Å². The highest BCUT2D eigenvalue weighted by Crippen LogP contribution is 2.26. The molecule has 0 aromatic heterocycles. The average Bonchev–Trinajstić information content (AvgIpc) is 2.76. The van der Waals surface area contributed by atoms with Gasteiger partial charge in [0.25, 0.3) is 5.24 Å². The lowest BCUT2D eigenvalue weighted by Gasteiger charge is -2.35. The van der Waals surface area contributed by atoms with Gasteiger partial charge in [-0.05, 0) is 12.8 Å². The van der Waals surface area contributed by atoms with Crippen LogP contribution in [0.5, 0.6) is 0 Å². The Morgan fingerprint density at radius 2 is 1.95 bits per heavy atom. The first-order valence-electron chi connectivity index (χ1n) is 6.50. The fraction of sp³-hybridized carbons (Fsp3) is 0.667. The van der Waals surface area contributed by atoms with Gasteiger partial charge in [-0.15, -0.1) is 0 Å². The van der Waals surface area contributed by atoms with Crippen LogP contribution in [0.1, 0.15) is 19.8 Å². The number of nitrogens with zero attached hydrogens (tertiary/aromatic N) is 2. The fourth-order valence-electron chi connectivity index (χ4n) is 2.40. The maximum Gasteiger partial charge on any atom is 0.289 e. The van der Waals surface area contributed by atoms with E-state index >= 15 is 0 Å². The molecule has 0 aliphatic carbocycles. The van der Waals surface area contributed by atoms with Gasteiger partial charge < -0.3 is 10.2 Å². The summed E-state index contributed by atoms with van der Waals surface area (Å²) in [4.78, 5) is 48.8. The SMILES string of the molecule is CC(=O)NCC(=O)N1CCC(N2C(=O)CSC2=O)CC1. The molecule has 2 saturated heterocycles. The van der Waals surface area contributed by atoms with Crippen molar-refractivity contribution in [1.29, 1.82) is 0 Å². The fourth-order valence-corrected chi connectivity index (χ4v) is 3.18. The molecule has 2 rings (SSSR count). The van der Waals surface area contributed by atoms with Crippen LogP contribution in [0.25, 0.3) is 0 Å². The Hall–Kier alpha value is -1.57. The summed E-state index contributed by atoms with van der Waals surface area (Å²) in [6.07, 6.45) is 1.20. The normalized spacial score (nSPS) is 20.4. The number of rotatable bonds is 3. The number of imide groups is 1. The van der Waals surface area contributed by atoms with Crippen LogP contribution in [0.4, 0.5) is 4.79 Å². The molecule has 2 heterocycles. The molecular weight excluding hydrogens is 282 g/mol. The second-order valence-corrected chi connectivity index (χ2v) is 5.77. The molecular formula is C12H17N3O4S. The zero-order valence-electron chi connectivity index (χ0n) is 11.3. The van der Waals surface area contributed by atoms with Crippen molar-refractivity contribution >= 4 is 34.7 Å². The molecule has 1 N–H and O–H groups in total. The number of carbonyl (C=O) groups excluding carboxylic acids is 4. The number of carbonyl (C=O) groups is 4. The summed E-state index contributed by atoms with van der Waals surface area (Å²) in [7, 11) is 0. The minimum atomic E-state index is -0.237. The van der Waals surface area contributed by atoms with Gasteiger partial charge in [0, 0.05) is 26.1 Å². The van der Waals surface area contributed by atoms with E-state index in [2.05, 4.69) is 5.32 Å². The molecule has 0 saturated carbocycles. The number of piperidine rings is 1. The van der Waals surface area contributed by atoms with Gasteiger partial charge in [-0.1, -0.05) is 11.8 Å². The molecule has 7 nitrogen and oxygen atoms in total. The number of amides is 4. The maximum absolute atomic E-state index is 11.8. The Morgan fingerprint density at radius 1 is 1.30 bits per heavy atom. The highest BCUT2D eigenvalue weighted by Gasteiger charge is 2.37. The monoisotopic (exact) mass is 299 g/mol. The lowest BCUT2D eigenvalue weighted by atomic mass is 10.0. The second kappa shape index (κ2) is 6.25. The van der Waals surface area contributed by atoms with E-state index in [1.54, 1.807) is 4.90 Å². The van der Waals surface area contributed by atoms with Crippen LogP contribution < -0.4 is 5.32 Å². The first-order valence-corrected chi connectivity index (χ1v) is 7.48. The van der Waals surface area contributed by atoms with E-state index in [0.717, 1.165) is 11.8 Å². The van der Waals surface area contributed by atoms with Crippen molar-refractivity contribution in [3.05, 3.63) is 0 Å². The Balaban J connectivity index is 1.83. The van der Waals surface area contributed by atoms with Crippen molar-refractivity contribution in [3.8, 4) is 0 Å². The predicted molar refractivity (Wildman–Crippen MR) is 73.0 cm³/mol. The van der Waals surface area contributed by atoms with Crippen molar-refractivity contribution in [3.63, 3.8) is 0 Å². The highest BCUT2D eigenvalue weighted by atomic mass is 32.2. The van der Waals surface area contributed by atoms with Crippen LogP contribution in [0.3, 0.4) is 0 Å². The third-order valence-corrected chi connectivity index (χ3v) is 4.29. The van der Waals surface area contributed by atoms with Gasteiger partial charge in [0.2, 0.25) is 17.7 Å². The lowest BCUT2D eigenvalue weighted by molar-refractivity contribution is -0.134. The maximum atomic E-state index is 11.8. The molecule has 2 aliphatic heterocycles. The van der Waals surface area contributed by atoms with E-state index in [0.29, 0.717) is 25.9 Å². The van der Waals surface area contributed by atoms with Gasteiger partial charge in [-0.2, -0.15) is 0 Å². The smallest absolute Gasteiger partial charge is 0.289 e. The average molecular weight is 299 g/mol. The first kappa shape index (κ1) is 14.8. The Bertz CT molecular complexity index is 430. The zero-order chi connectivity index (χ0) is 14.7. The molecule has 2 fully saturated rings. The van der Waals surface area contributed by atoms with Crippen molar-refractivity contribution in [2.45, 2.75) is 25.8 Å². The summed E-state index contributed by atoms with van der Waals surface area (Å²) in [5.74, 6) is -0.283. The molecule has 0 spiro atoms. The van der Waals surface area contributed by atoms with E-state index in [1.807, 2.05) is 0 Å². The summed E-state index contributed by atoms with van der Waals surface area (Å²) in [5.41, 5.74) is 0. The van der Waals surface area contributed by atoms with Crippen LogP contribution >= 0.6 is 11.8 Å². The minimum Gasteiger partial charge on any atom is -0.347 e. The highest BCUT2D eigenvalue weighted by molar-refractivity contribution is 8.14. The molecule has 0 aromatic carbocycles.